The van der Waals surface area contributed by atoms with Crippen LogP contribution < -0.4 is 5.32 Å². The zero-order chi connectivity index (χ0) is 28.8. The van der Waals surface area contributed by atoms with Crippen molar-refractivity contribution in [2.75, 3.05) is 13.1 Å². The van der Waals surface area contributed by atoms with E-state index in [9.17, 15) is 22.8 Å². The first-order valence-electron chi connectivity index (χ1n) is 15.0. The van der Waals surface area contributed by atoms with Crippen LogP contribution in [0.3, 0.4) is 0 Å². The van der Waals surface area contributed by atoms with Crippen LogP contribution in [0.25, 0.3) is 0 Å². The molecule has 0 bridgehead atoms. The highest BCUT2D eigenvalue weighted by Gasteiger charge is 2.41. The van der Waals surface area contributed by atoms with Crippen molar-refractivity contribution < 1.29 is 27.5 Å². The highest BCUT2D eigenvalue weighted by molar-refractivity contribution is 6.40. The number of benzene rings is 2. The van der Waals surface area contributed by atoms with Gasteiger partial charge in [0.05, 0.1) is 23.5 Å². The number of alkyl halides is 3. The van der Waals surface area contributed by atoms with E-state index in [0.717, 1.165) is 37.8 Å². The molecule has 41 heavy (non-hydrogen) atoms. The minimum Gasteiger partial charge on any atom is -0.370 e. The fourth-order valence-electron chi connectivity index (χ4n) is 6.59. The predicted molar refractivity (Wildman–Crippen MR) is 152 cm³/mol. The van der Waals surface area contributed by atoms with E-state index in [1.807, 2.05) is 18.2 Å². The SMILES string of the molecule is O=C1CCCN=C(C(=O)CCCC[C@H]2CC[C@@H]3[C@H](O2)c2cc(C(F)(F)F)ccc2CNC[C@H]3c2ccccc2)CC1. The summed E-state index contributed by atoms with van der Waals surface area (Å²) in [5.74, 6) is 0.390. The molecule has 0 spiro atoms. The minimum atomic E-state index is -4.42. The summed E-state index contributed by atoms with van der Waals surface area (Å²) in [7, 11) is 0. The Kier molecular flexibility index (Phi) is 9.71. The van der Waals surface area contributed by atoms with Gasteiger partial charge >= 0.3 is 6.18 Å². The molecule has 8 heteroatoms. The van der Waals surface area contributed by atoms with Gasteiger partial charge in [-0.1, -0.05) is 42.8 Å². The number of nitrogens with one attached hydrogen (secondary N) is 1. The van der Waals surface area contributed by atoms with Gasteiger partial charge in [0.1, 0.15) is 5.78 Å². The standard InChI is InChI=1S/C33H39F3N2O3/c34-33(35,36)24-13-12-23-20-37-21-29(22-7-2-1-3-8-22)27-16-15-26(41-32(27)28(23)19-24)10-4-5-11-31(40)30-17-14-25(39)9-6-18-38-30/h1-3,7-8,12-13,19,26-27,29,32,37H,4-6,9-11,14-18,20-21H2/t26-,27-,29-,32-/m0/s1. The van der Waals surface area contributed by atoms with Crippen molar-refractivity contribution in [3.8, 4) is 0 Å². The van der Waals surface area contributed by atoms with Crippen LogP contribution in [0.4, 0.5) is 13.2 Å². The number of carbonyl (C=O) groups is 2. The van der Waals surface area contributed by atoms with Gasteiger partial charge in [-0.3, -0.25) is 14.6 Å². The van der Waals surface area contributed by atoms with Crippen molar-refractivity contribution in [1.82, 2.24) is 5.32 Å². The van der Waals surface area contributed by atoms with Crippen molar-refractivity contribution in [2.45, 2.75) is 95.1 Å². The summed E-state index contributed by atoms with van der Waals surface area (Å²) in [6, 6.07) is 14.2. The second kappa shape index (κ2) is 13.4. The number of hydrogen-bond donors (Lipinski definition) is 1. The highest BCUT2D eigenvalue weighted by Crippen LogP contribution is 2.47. The molecule has 4 atom stereocenters. The van der Waals surface area contributed by atoms with Crippen LogP contribution in [-0.4, -0.2) is 36.5 Å². The smallest absolute Gasteiger partial charge is 0.370 e. The van der Waals surface area contributed by atoms with E-state index >= 15 is 0 Å². The van der Waals surface area contributed by atoms with E-state index < -0.39 is 17.8 Å². The summed E-state index contributed by atoms with van der Waals surface area (Å²) in [6.45, 7) is 1.76. The number of carbonyl (C=O) groups excluding carboxylic acids is 2. The Morgan fingerprint density at radius 2 is 1.85 bits per heavy atom. The summed E-state index contributed by atoms with van der Waals surface area (Å²) < 4.78 is 47.9. The average Bonchev–Trinajstić information content (AvgIpc) is 2.94. The van der Waals surface area contributed by atoms with Crippen molar-refractivity contribution in [2.24, 2.45) is 10.9 Å². The number of fused-ring (bicyclic) bond motifs is 3. The largest absolute Gasteiger partial charge is 0.416 e. The fourth-order valence-corrected chi connectivity index (χ4v) is 6.59. The van der Waals surface area contributed by atoms with Crippen LogP contribution in [0, 0.1) is 5.92 Å². The molecule has 0 unspecified atom stereocenters. The summed E-state index contributed by atoms with van der Waals surface area (Å²) in [5, 5.41) is 3.49. The van der Waals surface area contributed by atoms with Gasteiger partial charge in [0.25, 0.3) is 0 Å². The van der Waals surface area contributed by atoms with Crippen molar-refractivity contribution in [3.63, 3.8) is 0 Å². The summed E-state index contributed by atoms with van der Waals surface area (Å²) in [4.78, 5) is 28.9. The lowest BCUT2D eigenvalue weighted by Crippen LogP contribution is -2.39. The van der Waals surface area contributed by atoms with E-state index in [1.54, 1.807) is 6.07 Å². The maximum atomic E-state index is 13.7. The normalized spacial score (nSPS) is 25.5. The predicted octanol–water partition coefficient (Wildman–Crippen LogP) is 7.14. The molecule has 3 heterocycles. The lowest BCUT2D eigenvalue weighted by molar-refractivity contribution is -0.138. The van der Waals surface area contributed by atoms with Crippen molar-refractivity contribution in [3.05, 3.63) is 70.8 Å². The van der Waals surface area contributed by atoms with Gasteiger partial charge in [0.15, 0.2) is 5.78 Å². The molecule has 0 amide bonds. The Morgan fingerprint density at radius 3 is 2.66 bits per heavy atom. The molecular weight excluding hydrogens is 529 g/mol. The first kappa shape index (κ1) is 29.6. The zero-order valence-corrected chi connectivity index (χ0v) is 23.4. The number of hydrogen-bond acceptors (Lipinski definition) is 5. The van der Waals surface area contributed by atoms with E-state index in [0.29, 0.717) is 62.9 Å². The van der Waals surface area contributed by atoms with E-state index in [1.165, 1.54) is 17.7 Å². The molecule has 1 N–H and O–H groups in total. The van der Waals surface area contributed by atoms with Crippen LogP contribution in [0.1, 0.15) is 98.5 Å². The van der Waals surface area contributed by atoms with Gasteiger partial charge in [0, 0.05) is 44.8 Å². The molecule has 2 aromatic rings. The number of Topliss-reactive ketones (excluding diaryl/α,β-unsaturated/α-hetero) is 2. The van der Waals surface area contributed by atoms with Crippen LogP contribution in [0.5, 0.6) is 0 Å². The van der Waals surface area contributed by atoms with Crippen LogP contribution >= 0.6 is 0 Å². The van der Waals surface area contributed by atoms with Gasteiger partial charge in [-0.15, -0.1) is 0 Å². The lowest BCUT2D eigenvalue weighted by Gasteiger charge is -2.43. The van der Waals surface area contributed by atoms with Gasteiger partial charge in [-0.25, -0.2) is 0 Å². The molecular formula is C33H39F3N2O3. The average molecular weight is 569 g/mol. The van der Waals surface area contributed by atoms with Crippen molar-refractivity contribution >= 4 is 17.3 Å². The van der Waals surface area contributed by atoms with Crippen LogP contribution in [0.2, 0.25) is 0 Å². The third-order valence-corrected chi connectivity index (χ3v) is 8.81. The van der Waals surface area contributed by atoms with Gasteiger partial charge < -0.3 is 10.1 Å². The zero-order valence-electron chi connectivity index (χ0n) is 23.4. The molecule has 0 aromatic heterocycles. The molecule has 5 rings (SSSR count). The third-order valence-electron chi connectivity index (χ3n) is 8.81. The topological polar surface area (TPSA) is 67.8 Å². The third kappa shape index (κ3) is 7.52. The Hall–Kier alpha value is -2.84. The number of aliphatic imine (C=N–C) groups is 1. The molecule has 1 saturated heterocycles. The lowest BCUT2D eigenvalue weighted by atomic mass is 9.73. The number of ether oxygens (including phenoxy) is 1. The molecule has 3 aliphatic rings. The van der Waals surface area contributed by atoms with E-state index in [4.69, 9.17) is 4.74 Å². The minimum absolute atomic E-state index is 0.0242. The van der Waals surface area contributed by atoms with Gasteiger partial charge in [-0.2, -0.15) is 13.2 Å². The molecule has 0 saturated carbocycles. The second-order valence-electron chi connectivity index (χ2n) is 11.6. The Labute approximate surface area is 240 Å². The van der Waals surface area contributed by atoms with Gasteiger partial charge in [0.2, 0.25) is 0 Å². The quantitative estimate of drug-likeness (QED) is 0.361. The highest BCUT2D eigenvalue weighted by atomic mass is 19.4. The van der Waals surface area contributed by atoms with Gasteiger partial charge in [-0.05, 0) is 73.3 Å². The molecule has 1 fully saturated rings. The number of unbranched alkanes of at least 4 members (excludes halogenated alkanes) is 1. The van der Waals surface area contributed by atoms with E-state index in [2.05, 4.69) is 22.4 Å². The monoisotopic (exact) mass is 568 g/mol. The number of rotatable bonds is 7. The second-order valence-corrected chi connectivity index (χ2v) is 11.6. The molecule has 5 nitrogen and oxygen atoms in total. The van der Waals surface area contributed by atoms with E-state index in [-0.39, 0.29) is 29.5 Å². The maximum absolute atomic E-state index is 13.7. The molecule has 0 radical (unpaired) electrons. The summed E-state index contributed by atoms with van der Waals surface area (Å²) in [5.41, 5.74) is 2.56. The Bertz CT molecular complexity index is 1240. The number of nitrogens with zero attached hydrogens (tertiary/aromatic N) is 1. The van der Waals surface area contributed by atoms with Crippen LogP contribution in [-0.2, 0) is 27.0 Å². The molecule has 0 aliphatic carbocycles. The first-order chi connectivity index (χ1) is 19.8. The maximum Gasteiger partial charge on any atom is 0.416 e. The number of ketones is 2. The van der Waals surface area contributed by atoms with Crippen LogP contribution in [0.15, 0.2) is 53.5 Å². The number of halogens is 3. The fraction of sp³-hybridized carbons (Fsp3) is 0.545. The first-order valence-corrected chi connectivity index (χ1v) is 15.0. The Balaban J connectivity index is 1.28. The van der Waals surface area contributed by atoms with Crippen molar-refractivity contribution in [1.29, 1.82) is 0 Å². The molecule has 220 valence electrons. The summed E-state index contributed by atoms with van der Waals surface area (Å²) >= 11 is 0. The molecule has 3 aliphatic heterocycles. The summed E-state index contributed by atoms with van der Waals surface area (Å²) in [6.07, 6.45) is 1.47. The molecule has 2 aromatic carbocycles. The Morgan fingerprint density at radius 1 is 1.02 bits per heavy atom.